The number of thiophene rings is 1. The van der Waals surface area contributed by atoms with E-state index in [0.717, 1.165) is 0 Å². The van der Waals surface area contributed by atoms with E-state index in [1.807, 2.05) is 11.3 Å². The first-order valence-electron chi connectivity index (χ1n) is 14.1. The Labute approximate surface area is 242 Å². The monoisotopic (exact) mass is 539 g/mol. The van der Waals surface area contributed by atoms with Crippen molar-refractivity contribution < 1.29 is 0 Å². The fourth-order valence-electron chi connectivity index (χ4n) is 6.95. The van der Waals surface area contributed by atoms with Gasteiger partial charge in [0, 0.05) is 27.1 Å². The van der Waals surface area contributed by atoms with Gasteiger partial charge in [0.25, 0.3) is 0 Å². The fraction of sp³-hybridized carbons (Fsp3) is 0.0256. The van der Waals surface area contributed by atoms with Crippen LogP contribution >= 0.6 is 11.3 Å². The average Bonchev–Trinajstić information content (AvgIpc) is 3.70. The summed E-state index contributed by atoms with van der Waals surface area (Å²) in [5, 5.41) is 6.30. The van der Waals surface area contributed by atoms with Gasteiger partial charge in [0.1, 0.15) is 0 Å². The number of fused-ring (bicyclic) bond motifs is 7. The SMILES string of the molecule is c1ccc(-c2ccc3c4ccccc4n(-c4ccc5c(c4)C(c4csc6ccccc46)c4ccccc4-5)c3c2)cc1. The van der Waals surface area contributed by atoms with Crippen molar-refractivity contribution >= 4 is 43.2 Å². The minimum absolute atomic E-state index is 0.213. The van der Waals surface area contributed by atoms with Crippen LogP contribution in [0, 0.1) is 0 Å². The molecular formula is C39H25NS. The standard InChI is InChI=1S/C39H25NS/c1-2-10-25(11-3-1)26-18-20-31-30-13-6-8-16-36(30)40(37(31)22-26)27-19-21-29-28-12-4-5-15-33(28)39(34(29)23-27)35-24-41-38-17-9-7-14-32(35)38/h1-24,39H. The van der Waals surface area contributed by atoms with E-state index in [9.17, 15) is 0 Å². The minimum Gasteiger partial charge on any atom is -0.309 e. The summed E-state index contributed by atoms with van der Waals surface area (Å²) in [5.74, 6) is 0.213. The molecule has 0 spiro atoms. The molecule has 2 heteroatoms. The zero-order valence-corrected chi connectivity index (χ0v) is 23.1. The van der Waals surface area contributed by atoms with Gasteiger partial charge < -0.3 is 4.57 Å². The van der Waals surface area contributed by atoms with Gasteiger partial charge in [-0.1, -0.05) is 109 Å². The van der Waals surface area contributed by atoms with E-state index in [4.69, 9.17) is 0 Å². The van der Waals surface area contributed by atoms with Crippen molar-refractivity contribution in [1.82, 2.24) is 4.57 Å². The number of para-hydroxylation sites is 1. The maximum Gasteiger partial charge on any atom is 0.0547 e. The maximum atomic E-state index is 2.46. The lowest BCUT2D eigenvalue weighted by Gasteiger charge is -2.16. The molecule has 192 valence electrons. The molecule has 0 N–H and O–H groups in total. The molecule has 1 atom stereocenters. The van der Waals surface area contributed by atoms with Crippen molar-refractivity contribution in [3.8, 4) is 27.9 Å². The Morgan fingerprint density at radius 1 is 0.463 bits per heavy atom. The minimum atomic E-state index is 0.213. The van der Waals surface area contributed by atoms with Crippen molar-refractivity contribution in [1.29, 1.82) is 0 Å². The molecule has 0 bridgehead atoms. The molecule has 1 nitrogen and oxygen atoms in total. The zero-order valence-electron chi connectivity index (χ0n) is 22.3. The lowest BCUT2D eigenvalue weighted by molar-refractivity contribution is 1.03. The second-order valence-corrected chi connectivity index (χ2v) is 11.8. The molecule has 0 amide bonds. The van der Waals surface area contributed by atoms with E-state index in [-0.39, 0.29) is 5.92 Å². The second-order valence-electron chi connectivity index (χ2n) is 10.9. The summed E-state index contributed by atoms with van der Waals surface area (Å²) < 4.78 is 3.81. The Kier molecular flexibility index (Phi) is 4.90. The van der Waals surface area contributed by atoms with E-state index in [1.165, 1.54) is 76.5 Å². The molecule has 2 heterocycles. The smallest absolute Gasteiger partial charge is 0.0547 e. The summed E-state index contributed by atoms with van der Waals surface area (Å²) >= 11 is 1.85. The van der Waals surface area contributed by atoms with Gasteiger partial charge in [-0.15, -0.1) is 11.3 Å². The third kappa shape index (κ3) is 3.35. The molecule has 1 unspecified atom stereocenters. The van der Waals surface area contributed by atoms with Crippen LogP contribution in [0.1, 0.15) is 22.6 Å². The van der Waals surface area contributed by atoms with Crippen LogP contribution in [-0.2, 0) is 0 Å². The molecule has 0 radical (unpaired) electrons. The molecule has 0 saturated carbocycles. The Morgan fingerprint density at radius 2 is 1.20 bits per heavy atom. The zero-order chi connectivity index (χ0) is 26.9. The first kappa shape index (κ1) is 22.9. The lowest BCUT2D eigenvalue weighted by atomic mass is 9.89. The predicted molar refractivity (Wildman–Crippen MR) is 174 cm³/mol. The van der Waals surface area contributed by atoms with Gasteiger partial charge in [-0.05, 0) is 80.0 Å². The van der Waals surface area contributed by atoms with Crippen LogP contribution in [0.4, 0.5) is 0 Å². The summed E-state index contributed by atoms with van der Waals surface area (Å²) in [6.45, 7) is 0. The van der Waals surface area contributed by atoms with Crippen LogP contribution in [-0.4, -0.2) is 4.57 Å². The van der Waals surface area contributed by atoms with Crippen LogP contribution in [0.2, 0.25) is 0 Å². The van der Waals surface area contributed by atoms with Crippen LogP contribution in [0.25, 0.3) is 59.8 Å². The Balaban J connectivity index is 1.31. The summed E-state index contributed by atoms with van der Waals surface area (Å²) in [4.78, 5) is 0. The highest BCUT2D eigenvalue weighted by Crippen LogP contribution is 2.51. The van der Waals surface area contributed by atoms with Gasteiger partial charge in [0.2, 0.25) is 0 Å². The second kappa shape index (κ2) is 8.79. The normalized spacial score (nSPS) is 14.1. The summed E-state index contributed by atoms with van der Waals surface area (Å²) in [6, 6.07) is 51.3. The molecule has 9 rings (SSSR count). The molecule has 0 aliphatic heterocycles. The van der Waals surface area contributed by atoms with Crippen LogP contribution in [0.5, 0.6) is 0 Å². The third-order valence-corrected chi connectivity index (χ3v) is 9.75. The predicted octanol–water partition coefficient (Wildman–Crippen LogP) is 10.8. The van der Waals surface area contributed by atoms with Gasteiger partial charge in [-0.2, -0.15) is 0 Å². The lowest BCUT2D eigenvalue weighted by Crippen LogP contribution is -2.00. The van der Waals surface area contributed by atoms with Crippen LogP contribution < -0.4 is 0 Å². The Morgan fingerprint density at radius 3 is 2.12 bits per heavy atom. The van der Waals surface area contributed by atoms with Crippen LogP contribution in [0.3, 0.4) is 0 Å². The largest absolute Gasteiger partial charge is 0.309 e. The number of benzene rings is 6. The van der Waals surface area contributed by atoms with E-state index in [1.54, 1.807) is 0 Å². The van der Waals surface area contributed by atoms with Crippen molar-refractivity contribution in [2.75, 3.05) is 0 Å². The highest BCUT2D eigenvalue weighted by molar-refractivity contribution is 7.17. The molecule has 0 saturated heterocycles. The van der Waals surface area contributed by atoms with Crippen molar-refractivity contribution in [2.24, 2.45) is 0 Å². The number of nitrogens with zero attached hydrogens (tertiary/aromatic N) is 1. The maximum absolute atomic E-state index is 2.46. The molecule has 6 aromatic carbocycles. The van der Waals surface area contributed by atoms with Crippen molar-refractivity contribution in [3.05, 3.63) is 162 Å². The van der Waals surface area contributed by atoms with Crippen molar-refractivity contribution in [3.63, 3.8) is 0 Å². The highest BCUT2D eigenvalue weighted by Gasteiger charge is 2.32. The molecular weight excluding hydrogens is 515 g/mol. The van der Waals surface area contributed by atoms with Gasteiger partial charge in [-0.25, -0.2) is 0 Å². The van der Waals surface area contributed by atoms with E-state index < -0.39 is 0 Å². The van der Waals surface area contributed by atoms with E-state index in [0.29, 0.717) is 0 Å². The molecule has 2 aromatic heterocycles. The third-order valence-electron chi connectivity index (χ3n) is 8.77. The number of rotatable bonds is 3. The number of hydrogen-bond acceptors (Lipinski definition) is 1. The van der Waals surface area contributed by atoms with Gasteiger partial charge in [0.15, 0.2) is 0 Å². The van der Waals surface area contributed by atoms with Gasteiger partial charge in [0.05, 0.1) is 11.0 Å². The molecule has 1 aliphatic rings. The topological polar surface area (TPSA) is 4.93 Å². The summed E-state index contributed by atoms with van der Waals surface area (Å²) in [6.07, 6.45) is 0. The quantitative estimate of drug-likeness (QED) is 0.210. The average molecular weight is 540 g/mol. The van der Waals surface area contributed by atoms with Crippen molar-refractivity contribution in [2.45, 2.75) is 5.92 Å². The van der Waals surface area contributed by atoms with E-state index >= 15 is 0 Å². The number of hydrogen-bond donors (Lipinski definition) is 0. The van der Waals surface area contributed by atoms with Crippen LogP contribution in [0.15, 0.2) is 145 Å². The molecule has 8 aromatic rings. The molecule has 0 fully saturated rings. The van der Waals surface area contributed by atoms with Gasteiger partial charge in [-0.3, -0.25) is 0 Å². The summed E-state index contributed by atoms with van der Waals surface area (Å²) in [7, 11) is 0. The first-order chi connectivity index (χ1) is 20.3. The molecule has 41 heavy (non-hydrogen) atoms. The summed E-state index contributed by atoms with van der Waals surface area (Å²) in [5.41, 5.74) is 13.0. The van der Waals surface area contributed by atoms with E-state index in [2.05, 4.69) is 149 Å². The molecule has 1 aliphatic carbocycles. The highest BCUT2D eigenvalue weighted by atomic mass is 32.1. The first-order valence-corrected chi connectivity index (χ1v) is 15.0. The number of aromatic nitrogens is 1. The fourth-order valence-corrected chi connectivity index (χ4v) is 7.94. The Hall–Kier alpha value is -4.92. The Bertz CT molecular complexity index is 2270. The van der Waals surface area contributed by atoms with Gasteiger partial charge >= 0.3 is 0 Å².